The standard InChI is InChI=1S/C102H66O2/c1-101(2)87-35-16-15-24-73(87)74-49-45-67(57-89(74)101)96-82-31-13-11-29-80(82)94(81-30-12-14-32-83(81)96)66-22-17-21-64(55-66)70-34-19-37-92-98(70)85-52-44-65-54-62(43-48-72(65)100(85)104-92)63-47-53-88-86(56-63)75-50-46-68(58-90(75)102(88,3)4)95-78-27-9-7-25-76(78)93(77-26-8-10-28-79(77)95)61-40-38-60(39-41-61)69-33-18-36-91-97(69)84-51-42-59-20-5-6-23-71(59)99(84)103-91/h5-58H,1-4H3. The third-order valence-corrected chi connectivity index (χ3v) is 23.8. The van der Waals surface area contributed by atoms with Gasteiger partial charge in [-0.25, -0.2) is 0 Å². The molecule has 22 rings (SSSR count). The van der Waals surface area contributed by atoms with Crippen LogP contribution in [-0.2, 0) is 10.8 Å². The fraction of sp³-hybridized carbons (Fsp3) is 0.0588. The molecular weight excluding hydrogens is 1260 g/mol. The molecule has 20 aromatic rings. The molecule has 2 aliphatic rings. The highest BCUT2D eigenvalue weighted by Gasteiger charge is 2.38. The van der Waals surface area contributed by atoms with E-state index in [1.807, 2.05) is 0 Å². The van der Waals surface area contributed by atoms with Crippen LogP contribution in [0.1, 0.15) is 49.9 Å². The molecule has 0 fully saturated rings. The molecule has 486 valence electrons. The minimum Gasteiger partial charge on any atom is -0.455 e. The van der Waals surface area contributed by atoms with Gasteiger partial charge < -0.3 is 8.83 Å². The molecule has 0 atom stereocenters. The average molecular weight is 1320 g/mol. The van der Waals surface area contributed by atoms with Crippen LogP contribution < -0.4 is 0 Å². The fourth-order valence-electron chi connectivity index (χ4n) is 18.9. The number of benzene rings is 18. The molecular formula is C102H66O2. The third-order valence-electron chi connectivity index (χ3n) is 23.8. The van der Waals surface area contributed by atoms with E-state index in [9.17, 15) is 0 Å². The van der Waals surface area contributed by atoms with Gasteiger partial charge in [0.05, 0.1) is 0 Å². The summed E-state index contributed by atoms with van der Waals surface area (Å²) in [6.45, 7) is 9.54. The summed E-state index contributed by atoms with van der Waals surface area (Å²) in [4.78, 5) is 0. The summed E-state index contributed by atoms with van der Waals surface area (Å²) >= 11 is 0. The molecule has 0 aliphatic heterocycles. The second-order valence-corrected chi connectivity index (χ2v) is 30.0. The first-order valence-corrected chi connectivity index (χ1v) is 36.4. The van der Waals surface area contributed by atoms with Crippen LogP contribution in [0.5, 0.6) is 0 Å². The normalized spacial score (nSPS) is 13.5. The molecule has 0 saturated carbocycles. The van der Waals surface area contributed by atoms with Gasteiger partial charge in [-0.15, -0.1) is 0 Å². The Labute approximate surface area is 602 Å². The average Bonchev–Trinajstić information content (AvgIpc) is 1.43. The maximum Gasteiger partial charge on any atom is 0.143 e. The van der Waals surface area contributed by atoms with Gasteiger partial charge >= 0.3 is 0 Å². The SMILES string of the molecule is CC1(C)c2ccccc2-c2ccc(-c3c4ccccc4c(-c4cccc(-c5cccc6oc7c8ccc(-c9ccc%10c(c9)-c9ccc(-c%11c%12ccccc%12c(-c%12ccc(-c%13cccc%14oc%15c%16ccccc%16ccc%15c%13%14)cc%12)c%12ccccc%11%12)cc9C%10(C)C)cc8ccc7c56)c4)c4ccccc34)cc21. The van der Waals surface area contributed by atoms with Gasteiger partial charge in [-0.05, 0) is 237 Å². The van der Waals surface area contributed by atoms with Crippen LogP contribution in [0, 0.1) is 0 Å². The molecule has 2 aromatic heterocycles. The lowest BCUT2D eigenvalue weighted by Crippen LogP contribution is -2.15. The second-order valence-electron chi connectivity index (χ2n) is 30.0. The van der Waals surface area contributed by atoms with Crippen LogP contribution in [0.25, 0.3) is 209 Å². The van der Waals surface area contributed by atoms with E-state index in [1.165, 1.54) is 154 Å². The predicted octanol–water partition coefficient (Wildman–Crippen LogP) is 28.7. The Hall–Kier alpha value is -12.9. The van der Waals surface area contributed by atoms with Gasteiger partial charge in [0.15, 0.2) is 0 Å². The first kappa shape index (κ1) is 58.9. The fourth-order valence-corrected chi connectivity index (χ4v) is 18.9. The minimum atomic E-state index is -0.228. The van der Waals surface area contributed by atoms with E-state index in [0.717, 1.165) is 76.7 Å². The van der Waals surface area contributed by atoms with Gasteiger partial charge in [-0.3, -0.25) is 0 Å². The monoisotopic (exact) mass is 1320 g/mol. The van der Waals surface area contributed by atoms with E-state index < -0.39 is 0 Å². The molecule has 2 aliphatic carbocycles. The highest BCUT2D eigenvalue weighted by atomic mass is 16.3. The van der Waals surface area contributed by atoms with E-state index >= 15 is 0 Å². The van der Waals surface area contributed by atoms with Gasteiger partial charge in [-0.2, -0.15) is 0 Å². The summed E-state index contributed by atoms with van der Waals surface area (Å²) in [5.41, 5.74) is 30.9. The van der Waals surface area contributed by atoms with Gasteiger partial charge in [0.25, 0.3) is 0 Å². The lowest BCUT2D eigenvalue weighted by Gasteiger charge is -2.23. The lowest BCUT2D eigenvalue weighted by molar-refractivity contribution is 0.660. The molecule has 2 nitrogen and oxygen atoms in total. The number of hydrogen-bond acceptors (Lipinski definition) is 2. The van der Waals surface area contributed by atoms with Crippen LogP contribution in [0.4, 0.5) is 0 Å². The van der Waals surface area contributed by atoms with Crippen LogP contribution in [-0.4, -0.2) is 0 Å². The summed E-state index contributed by atoms with van der Waals surface area (Å²) < 4.78 is 13.6. The van der Waals surface area contributed by atoms with Crippen molar-refractivity contribution in [2.24, 2.45) is 0 Å². The first-order valence-electron chi connectivity index (χ1n) is 36.4. The molecule has 2 heteroatoms. The van der Waals surface area contributed by atoms with Crippen LogP contribution in [0.2, 0.25) is 0 Å². The van der Waals surface area contributed by atoms with Crippen molar-refractivity contribution in [1.29, 1.82) is 0 Å². The Morgan fingerprint density at radius 1 is 0.192 bits per heavy atom. The van der Waals surface area contributed by atoms with Crippen molar-refractivity contribution in [3.05, 3.63) is 350 Å². The van der Waals surface area contributed by atoms with Gasteiger partial charge in [0, 0.05) is 43.1 Å². The lowest BCUT2D eigenvalue weighted by atomic mass is 9.80. The zero-order chi connectivity index (χ0) is 68.8. The van der Waals surface area contributed by atoms with Crippen LogP contribution >= 0.6 is 0 Å². The maximum absolute atomic E-state index is 7.00. The zero-order valence-electron chi connectivity index (χ0n) is 58.0. The van der Waals surface area contributed by atoms with Crippen molar-refractivity contribution in [3.8, 4) is 100 Å². The topological polar surface area (TPSA) is 26.3 Å². The van der Waals surface area contributed by atoms with E-state index in [1.54, 1.807) is 0 Å². The van der Waals surface area contributed by atoms with Crippen LogP contribution in [0.15, 0.2) is 336 Å². The number of rotatable bonds is 7. The summed E-state index contributed by atoms with van der Waals surface area (Å²) in [6.07, 6.45) is 0. The molecule has 0 spiro atoms. The molecule has 0 N–H and O–H groups in total. The van der Waals surface area contributed by atoms with E-state index in [-0.39, 0.29) is 10.8 Å². The highest BCUT2D eigenvalue weighted by Crippen LogP contribution is 2.55. The van der Waals surface area contributed by atoms with Gasteiger partial charge in [0.1, 0.15) is 22.3 Å². The Balaban J connectivity index is 0.592. The molecule has 0 unspecified atom stereocenters. The number of fused-ring (bicyclic) bond motifs is 20. The quantitative estimate of drug-likeness (QED) is 0.149. The minimum absolute atomic E-state index is 0.102. The number of furan rings is 2. The Morgan fingerprint density at radius 3 is 1.12 bits per heavy atom. The second kappa shape index (κ2) is 21.8. The summed E-state index contributed by atoms with van der Waals surface area (Å²) in [7, 11) is 0. The molecule has 0 saturated heterocycles. The van der Waals surface area contributed by atoms with Gasteiger partial charge in [0.2, 0.25) is 0 Å². The van der Waals surface area contributed by atoms with Crippen molar-refractivity contribution in [2.75, 3.05) is 0 Å². The summed E-state index contributed by atoms with van der Waals surface area (Å²) in [5, 5.41) is 19.1. The van der Waals surface area contributed by atoms with Crippen molar-refractivity contribution < 1.29 is 8.83 Å². The van der Waals surface area contributed by atoms with E-state index in [2.05, 4.69) is 355 Å². The van der Waals surface area contributed by atoms with Crippen LogP contribution in [0.3, 0.4) is 0 Å². The predicted molar refractivity (Wildman–Crippen MR) is 439 cm³/mol. The molecule has 0 radical (unpaired) electrons. The number of hydrogen-bond donors (Lipinski definition) is 0. The largest absolute Gasteiger partial charge is 0.455 e. The van der Waals surface area contributed by atoms with Crippen molar-refractivity contribution in [1.82, 2.24) is 0 Å². The molecule has 0 amide bonds. The van der Waals surface area contributed by atoms with Crippen molar-refractivity contribution >= 4 is 109 Å². The molecule has 104 heavy (non-hydrogen) atoms. The third kappa shape index (κ3) is 8.39. The first-order chi connectivity index (χ1) is 51.1. The Bertz CT molecular complexity index is 7030. The molecule has 18 aromatic carbocycles. The summed E-state index contributed by atoms with van der Waals surface area (Å²) in [5.74, 6) is 0. The smallest absolute Gasteiger partial charge is 0.143 e. The van der Waals surface area contributed by atoms with E-state index in [4.69, 9.17) is 8.83 Å². The maximum atomic E-state index is 7.00. The highest BCUT2D eigenvalue weighted by molar-refractivity contribution is 6.25. The summed E-state index contributed by atoms with van der Waals surface area (Å²) in [6, 6.07) is 122. The molecule has 0 bridgehead atoms. The van der Waals surface area contributed by atoms with Crippen molar-refractivity contribution in [2.45, 2.75) is 38.5 Å². The van der Waals surface area contributed by atoms with Gasteiger partial charge in [-0.1, -0.05) is 295 Å². The Morgan fingerprint density at radius 2 is 0.558 bits per heavy atom. The Kier molecular flexibility index (Phi) is 12.4. The zero-order valence-corrected chi connectivity index (χ0v) is 58.0. The van der Waals surface area contributed by atoms with E-state index in [0.29, 0.717) is 0 Å². The molecule has 2 heterocycles. The van der Waals surface area contributed by atoms with Crippen molar-refractivity contribution in [3.63, 3.8) is 0 Å².